The minimum atomic E-state index is -0.457. The maximum absolute atomic E-state index is 13.3. The number of aromatic nitrogens is 2. The molecule has 39 heavy (non-hydrogen) atoms. The summed E-state index contributed by atoms with van der Waals surface area (Å²) in [7, 11) is 0. The zero-order valence-corrected chi connectivity index (χ0v) is 20.9. The summed E-state index contributed by atoms with van der Waals surface area (Å²) < 4.78 is 10.7. The van der Waals surface area contributed by atoms with E-state index in [1.807, 2.05) is 6.07 Å². The lowest BCUT2D eigenvalue weighted by atomic mass is 10.0. The van der Waals surface area contributed by atoms with E-state index in [1.165, 1.54) is 22.3 Å². The van der Waals surface area contributed by atoms with Crippen molar-refractivity contribution in [2.24, 2.45) is 0 Å². The summed E-state index contributed by atoms with van der Waals surface area (Å²) in [4.78, 5) is 48.4. The van der Waals surface area contributed by atoms with E-state index in [-0.39, 0.29) is 30.0 Å². The van der Waals surface area contributed by atoms with E-state index in [1.54, 1.807) is 30.4 Å². The summed E-state index contributed by atoms with van der Waals surface area (Å²) in [6.45, 7) is 1.74. The number of urea groups is 1. The molecule has 2 amide bonds. The number of ether oxygens (including phenoxy) is 2. The average molecular weight is 528 g/mol. The quantitative estimate of drug-likeness (QED) is 0.424. The van der Waals surface area contributed by atoms with Crippen LogP contribution in [-0.2, 0) is 27.2 Å². The predicted molar refractivity (Wildman–Crippen MR) is 140 cm³/mol. The molecule has 0 saturated carbocycles. The molecule has 12 nitrogen and oxygen atoms in total. The molecule has 0 bridgehead atoms. The van der Waals surface area contributed by atoms with Crippen LogP contribution < -0.4 is 15.5 Å². The summed E-state index contributed by atoms with van der Waals surface area (Å²) in [5.41, 5.74) is 2.44. The minimum absolute atomic E-state index is 0.0418. The zero-order chi connectivity index (χ0) is 27.2. The van der Waals surface area contributed by atoms with E-state index >= 15 is 0 Å². The molecule has 0 radical (unpaired) electrons. The van der Waals surface area contributed by atoms with Gasteiger partial charge in [0.1, 0.15) is 23.4 Å². The van der Waals surface area contributed by atoms with Gasteiger partial charge in [-0.15, -0.1) is 0 Å². The van der Waals surface area contributed by atoms with Gasteiger partial charge >= 0.3 is 6.03 Å². The number of nitriles is 1. The van der Waals surface area contributed by atoms with Crippen molar-refractivity contribution in [3.05, 3.63) is 71.2 Å². The normalized spacial score (nSPS) is 17.9. The Kier molecular flexibility index (Phi) is 7.63. The number of fused-ring (bicyclic) bond motifs is 1. The van der Waals surface area contributed by atoms with Gasteiger partial charge < -0.3 is 19.7 Å². The van der Waals surface area contributed by atoms with Gasteiger partial charge in [-0.1, -0.05) is 0 Å². The lowest BCUT2D eigenvalue weighted by Gasteiger charge is -2.29. The Labute approximate surface area is 224 Å². The molecule has 2 aromatic rings. The van der Waals surface area contributed by atoms with Gasteiger partial charge in [0.05, 0.1) is 36.7 Å². The average Bonchev–Trinajstić information content (AvgIpc) is 3.36. The molecule has 5 rings (SSSR count). The van der Waals surface area contributed by atoms with Crippen molar-refractivity contribution in [1.29, 1.82) is 5.26 Å². The second kappa shape index (κ2) is 11.6. The van der Waals surface area contributed by atoms with E-state index in [0.29, 0.717) is 61.5 Å². The molecule has 2 aromatic heterocycles. The summed E-state index contributed by atoms with van der Waals surface area (Å²) in [6, 6.07) is 5.17. The number of aryl methyl sites for hydroxylation is 1. The molecule has 1 fully saturated rings. The third-order valence-corrected chi connectivity index (χ3v) is 6.50. The lowest BCUT2D eigenvalue weighted by molar-refractivity contribution is 0.111. The van der Waals surface area contributed by atoms with Gasteiger partial charge in [-0.3, -0.25) is 15.0 Å². The van der Waals surface area contributed by atoms with Crippen LogP contribution in [0.2, 0.25) is 0 Å². The van der Waals surface area contributed by atoms with Crippen LogP contribution in [0.1, 0.15) is 40.0 Å². The highest BCUT2D eigenvalue weighted by Crippen LogP contribution is 2.29. The van der Waals surface area contributed by atoms with Gasteiger partial charge in [0.15, 0.2) is 12.2 Å². The van der Waals surface area contributed by atoms with E-state index in [2.05, 4.69) is 26.7 Å². The Bertz CT molecular complexity index is 1430. The Morgan fingerprint density at radius 3 is 2.97 bits per heavy atom. The molecule has 1 saturated heterocycles. The lowest BCUT2D eigenvalue weighted by Crippen LogP contribution is -2.40. The molecule has 2 N–H and O–H groups in total. The zero-order valence-electron chi connectivity index (χ0n) is 20.9. The Hall–Kier alpha value is -4.98. The SMILES string of the molecule is N#Cc1cnc(NC(=O)N2CCCc3cc(CN4C=CC=COC4=C=O)c(C=O)nc32)cc1NC1CCOC1. The van der Waals surface area contributed by atoms with Crippen LogP contribution in [0.3, 0.4) is 0 Å². The number of pyridine rings is 2. The fourth-order valence-corrected chi connectivity index (χ4v) is 4.59. The Morgan fingerprint density at radius 2 is 2.21 bits per heavy atom. The van der Waals surface area contributed by atoms with Crippen molar-refractivity contribution in [3.63, 3.8) is 0 Å². The maximum Gasteiger partial charge on any atom is 0.328 e. The van der Waals surface area contributed by atoms with Gasteiger partial charge in [0, 0.05) is 37.2 Å². The molecular weight excluding hydrogens is 502 g/mol. The summed E-state index contributed by atoms with van der Waals surface area (Å²) in [5.74, 6) is 2.37. The topological polar surface area (TPSA) is 150 Å². The third kappa shape index (κ3) is 5.65. The summed E-state index contributed by atoms with van der Waals surface area (Å²) >= 11 is 0. The molecule has 3 aliphatic rings. The van der Waals surface area contributed by atoms with Crippen LogP contribution in [0.15, 0.2) is 48.8 Å². The van der Waals surface area contributed by atoms with Crippen molar-refractivity contribution in [1.82, 2.24) is 14.9 Å². The first-order valence-corrected chi connectivity index (χ1v) is 12.4. The molecule has 198 valence electrons. The highest BCUT2D eigenvalue weighted by Gasteiger charge is 2.27. The highest BCUT2D eigenvalue weighted by molar-refractivity contribution is 6.01. The Balaban J connectivity index is 1.37. The maximum atomic E-state index is 13.3. The van der Waals surface area contributed by atoms with Crippen molar-refractivity contribution in [2.45, 2.75) is 31.8 Å². The van der Waals surface area contributed by atoms with E-state index in [9.17, 15) is 19.6 Å². The second-order valence-corrected chi connectivity index (χ2v) is 9.07. The number of hydrogen-bond donors (Lipinski definition) is 2. The molecule has 5 heterocycles. The molecule has 12 heteroatoms. The predicted octanol–water partition coefficient (Wildman–Crippen LogP) is 2.88. The first-order valence-electron chi connectivity index (χ1n) is 12.4. The van der Waals surface area contributed by atoms with Crippen LogP contribution in [0.25, 0.3) is 0 Å². The summed E-state index contributed by atoms with van der Waals surface area (Å²) in [5, 5.41) is 15.5. The van der Waals surface area contributed by atoms with Crippen LogP contribution in [0.5, 0.6) is 0 Å². The standard InChI is InChI=1S/C27H25N7O5/c28-12-20-13-29-24(11-22(20)30-21-5-9-38-17-21)32-27(37)34-7-3-4-18-10-19(23(15-35)31-26(18)34)14-33-6-1-2-8-39-25(33)16-36/h1-2,6,8,10-11,13,15,21H,3-5,7,9,14,17H2,(H2,29,30,32,37). The molecule has 1 unspecified atom stereocenters. The number of carbonyl (C=O) groups excluding carboxylic acids is 3. The molecule has 3 aliphatic heterocycles. The number of carbonyl (C=O) groups is 2. The van der Waals surface area contributed by atoms with Crippen LogP contribution >= 0.6 is 0 Å². The van der Waals surface area contributed by atoms with Gasteiger partial charge in [-0.2, -0.15) is 5.26 Å². The van der Waals surface area contributed by atoms with Crippen molar-refractivity contribution in [2.75, 3.05) is 35.3 Å². The molecule has 0 aromatic carbocycles. The Morgan fingerprint density at radius 1 is 1.31 bits per heavy atom. The number of rotatable bonds is 6. The van der Waals surface area contributed by atoms with Crippen molar-refractivity contribution >= 4 is 35.6 Å². The van der Waals surface area contributed by atoms with E-state index in [4.69, 9.17) is 9.47 Å². The first-order chi connectivity index (χ1) is 19.1. The molecule has 1 atom stereocenters. The van der Waals surface area contributed by atoms with E-state index in [0.717, 1.165) is 12.0 Å². The monoisotopic (exact) mass is 527 g/mol. The number of anilines is 3. The minimum Gasteiger partial charge on any atom is -0.440 e. The molecule has 0 aliphatic carbocycles. The fraction of sp³-hybridized carbons (Fsp3) is 0.296. The molecular formula is C27H25N7O5. The number of aldehydes is 1. The second-order valence-electron chi connectivity index (χ2n) is 9.07. The number of nitrogens with zero attached hydrogens (tertiary/aromatic N) is 5. The fourth-order valence-electron chi connectivity index (χ4n) is 4.59. The number of allylic oxidation sites excluding steroid dienone is 2. The van der Waals surface area contributed by atoms with E-state index < -0.39 is 6.03 Å². The number of hydrogen-bond acceptors (Lipinski definition) is 10. The van der Waals surface area contributed by atoms with Gasteiger partial charge in [-0.25, -0.2) is 19.6 Å². The number of nitrogens with one attached hydrogen (secondary N) is 2. The van der Waals surface area contributed by atoms with Gasteiger partial charge in [-0.05, 0) is 43.0 Å². The number of amides is 2. The smallest absolute Gasteiger partial charge is 0.328 e. The van der Waals surface area contributed by atoms with Crippen LogP contribution in [0.4, 0.5) is 22.1 Å². The third-order valence-electron chi connectivity index (χ3n) is 6.50. The van der Waals surface area contributed by atoms with Crippen LogP contribution in [0, 0.1) is 11.3 Å². The largest absolute Gasteiger partial charge is 0.440 e. The van der Waals surface area contributed by atoms with Crippen LogP contribution in [-0.4, -0.2) is 58.9 Å². The molecule has 0 spiro atoms. The van der Waals surface area contributed by atoms with Crippen molar-refractivity contribution < 1.29 is 23.9 Å². The van der Waals surface area contributed by atoms with Crippen molar-refractivity contribution in [3.8, 4) is 6.07 Å². The van der Waals surface area contributed by atoms with Gasteiger partial charge in [0.2, 0.25) is 0 Å². The van der Waals surface area contributed by atoms with Gasteiger partial charge in [0.25, 0.3) is 5.88 Å². The summed E-state index contributed by atoms with van der Waals surface area (Å²) in [6.07, 6.45) is 10.5. The highest BCUT2D eigenvalue weighted by atomic mass is 16.5. The first kappa shape index (κ1) is 25.7.